The summed E-state index contributed by atoms with van der Waals surface area (Å²) in [7, 11) is 0. The molecule has 0 rings (SSSR count). The first-order valence-corrected chi connectivity index (χ1v) is 8.61. The minimum absolute atomic E-state index is 0.0202. The predicted octanol–water partition coefficient (Wildman–Crippen LogP) is 1.36. The fourth-order valence-electron chi connectivity index (χ4n) is 1.74. The molecule has 0 fully saturated rings. The zero-order chi connectivity index (χ0) is 18.4. The van der Waals surface area contributed by atoms with Crippen LogP contribution in [0, 0.1) is 5.92 Å². The zero-order valence-corrected chi connectivity index (χ0v) is 15.4. The average molecular weight is 344 g/mol. The highest BCUT2D eigenvalue weighted by atomic mass is 16.5. The van der Waals surface area contributed by atoms with Crippen molar-refractivity contribution in [2.24, 2.45) is 5.92 Å². The molecular formula is C17H32N2O5. The number of carbonyl (C=O) groups is 3. The summed E-state index contributed by atoms with van der Waals surface area (Å²) in [5.41, 5.74) is 0. The maximum absolute atomic E-state index is 11.6. The van der Waals surface area contributed by atoms with Crippen molar-refractivity contribution in [1.82, 2.24) is 10.2 Å². The van der Waals surface area contributed by atoms with Crippen molar-refractivity contribution < 1.29 is 23.9 Å². The van der Waals surface area contributed by atoms with E-state index in [0.717, 1.165) is 4.90 Å². The summed E-state index contributed by atoms with van der Waals surface area (Å²) in [5, 5.41) is 2.91. The number of nitrogens with one attached hydrogen (secondary N) is 1. The van der Waals surface area contributed by atoms with Crippen LogP contribution in [-0.2, 0) is 23.9 Å². The molecule has 7 nitrogen and oxygen atoms in total. The topological polar surface area (TPSA) is 84.9 Å². The molecule has 1 unspecified atom stereocenters. The Morgan fingerprint density at radius 3 is 2.21 bits per heavy atom. The van der Waals surface area contributed by atoms with E-state index in [9.17, 15) is 14.4 Å². The molecule has 24 heavy (non-hydrogen) atoms. The number of rotatable bonds is 14. The molecule has 0 radical (unpaired) electrons. The summed E-state index contributed by atoms with van der Waals surface area (Å²) in [5.74, 6) is 0.195. The van der Waals surface area contributed by atoms with Gasteiger partial charge in [0.1, 0.15) is 0 Å². The van der Waals surface area contributed by atoms with E-state index in [1.54, 1.807) is 0 Å². The number of carbonyl (C=O) groups excluding carboxylic acids is 3. The molecule has 1 N–H and O–H groups in total. The van der Waals surface area contributed by atoms with E-state index in [1.807, 2.05) is 13.8 Å². The summed E-state index contributed by atoms with van der Waals surface area (Å²) in [4.78, 5) is 35.1. The second-order valence-corrected chi connectivity index (χ2v) is 6.02. The maximum atomic E-state index is 11.6. The minimum atomic E-state index is -0.186. The molecule has 7 heteroatoms. The number of ether oxygens (including phenoxy) is 2. The molecule has 0 saturated carbocycles. The number of amides is 3. The van der Waals surface area contributed by atoms with Gasteiger partial charge >= 0.3 is 0 Å². The first-order chi connectivity index (χ1) is 11.4. The van der Waals surface area contributed by atoms with Gasteiger partial charge < -0.3 is 14.8 Å². The molecule has 0 aromatic rings. The average Bonchev–Trinajstić information content (AvgIpc) is 2.53. The standard InChI is InChI=1S/C17H32N2O5/c1-5-6-17(22)19(13-20)8-10-24-12-11-23-9-7-16(21)18-15(4)14(2)3/h13-15H,5-12H2,1-4H3,(H,18,21). The Labute approximate surface area is 145 Å². The van der Waals surface area contributed by atoms with Gasteiger partial charge in [0.2, 0.25) is 18.2 Å². The molecular weight excluding hydrogens is 312 g/mol. The van der Waals surface area contributed by atoms with Gasteiger partial charge in [-0.3, -0.25) is 19.3 Å². The van der Waals surface area contributed by atoms with Crippen LogP contribution in [0.2, 0.25) is 0 Å². The van der Waals surface area contributed by atoms with Crippen molar-refractivity contribution in [3.8, 4) is 0 Å². The molecule has 0 aliphatic heterocycles. The molecule has 140 valence electrons. The highest BCUT2D eigenvalue weighted by Crippen LogP contribution is 2.00. The van der Waals surface area contributed by atoms with Crippen molar-refractivity contribution in [2.75, 3.05) is 33.0 Å². The quantitative estimate of drug-likeness (QED) is 0.380. The smallest absolute Gasteiger partial charge is 0.229 e. The molecule has 0 bridgehead atoms. The van der Waals surface area contributed by atoms with Gasteiger partial charge in [-0.2, -0.15) is 0 Å². The molecule has 0 saturated heterocycles. The van der Waals surface area contributed by atoms with Crippen LogP contribution in [0.5, 0.6) is 0 Å². The van der Waals surface area contributed by atoms with Crippen molar-refractivity contribution in [1.29, 1.82) is 0 Å². The van der Waals surface area contributed by atoms with Crippen LogP contribution in [-0.4, -0.2) is 62.1 Å². The SMILES string of the molecule is CCCC(=O)N(C=O)CCOCCOCCC(=O)NC(C)C(C)C. The highest BCUT2D eigenvalue weighted by Gasteiger charge is 2.11. The van der Waals surface area contributed by atoms with Crippen molar-refractivity contribution in [3.05, 3.63) is 0 Å². The van der Waals surface area contributed by atoms with Gasteiger partial charge in [-0.05, 0) is 19.3 Å². The summed E-state index contributed by atoms with van der Waals surface area (Å²) in [6.45, 7) is 9.58. The molecule has 1 atom stereocenters. The number of hydrogen-bond donors (Lipinski definition) is 1. The van der Waals surface area contributed by atoms with Crippen LogP contribution < -0.4 is 5.32 Å². The zero-order valence-electron chi connectivity index (χ0n) is 15.4. The largest absolute Gasteiger partial charge is 0.379 e. The lowest BCUT2D eigenvalue weighted by molar-refractivity contribution is -0.139. The first kappa shape index (κ1) is 22.5. The van der Waals surface area contributed by atoms with E-state index < -0.39 is 0 Å². The van der Waals surface area contributed by atoms with Crippen molar-refractivity contribution in [3.63, 3.8) is 0 Å². The van der Waals surface area contributed by atoms with Crippen LogP contribution in [0.1, 0.15) is 47.0 Å². The highest BCUT2D eigenvalue weighted by molar-refractivity contribution is 5.85. The minimum Gasteiger partial charge on any atom is -0.379 e. The van der Waals surface area contributed by atoms with Gasteiger partial charge in [0.25, 0.3) is 0 Å². The van der Waals surface area contributed by atoms with Gasteiger partial charge in [0, 0.05) is 18.9 Å². The van der Waals surface area contributed by atoms with Crippen molar-refractivity contribution in [2.45, 2.75) is 53.0 Å². The Kier molecular flexibility index (Phi) is 13.1. The van der Waals surface area contributed by atoms with E-state index in [2.05, 4.69) is 19.2 Å². The third-order valence-corrected chi connectivity index (χ3v) is 3.62. The number of nitrogens with zero attached hydrogens (tertiary/aromatic N) is 1. The number of hydrogen-bond acceptors (Lipinski definition) is 5. The first-order valence-electron chi connectivity index (χ1n) is 8.61. The second-order valence-electron chi connectivity index (χ2n) is 6.02. The van der Waals surface area contributed by atoms with E-state index in [1.165, 1.54) is 0 Å². The Balaban J connectivity index is 3.58. The predicted molar refractivity (Wildman–Crippen MR) is 91.4 cm³/mol. The molecule has 0 heterocycles. The van der Waals surface area contributed by atoms with Gasteiger partial charge in [-0.25, -0.2) is 0 Å². The van der Waals surface area contributed by atoms with Gasteiger partial charge in [-0.1, -0.05) is 20.8 Å². The normalized spacial score (nSPS) is 12.0. The fourth-order valence-corrected chi connectivity index (χ4v) is 1.74. The molecule has 3 amide bonds. The monoisotopic (exact) mass is 344 g/mol. The molecule has 0 spiro atoms. The van der Waals surface area contributed by atoms with Gasteiger partial charge in [0.15, 0.2) is 0 Å². The number of imide groups is 1. The Morgan fingerprint density at radius 2 is 1.67 bits per heavy atom. The van der Waals surface area contributed by atoms with Crippen LogP contribution in [0.4, 0.5) is 0 Å². The Hall–Kier alpha value is -1.47. The lowest BCUT2D eigenvalue weighted by atomic mass is 10.1. The van der Waals surface area contributed by atoms with E-state index in [-0.39, 0.29) is 31.0 Å². The van der Waals surface area contributed by atoms with E-state index in [4.69, 9.17) is 9.47 Å². The van der Waals surface area contributed by atoms with Gasteiger partial charge in [-0.15, -0.1) is 0 Å². The molecule has 0 aliphatic rings. The lowest BCUT2D eigenvalue weighted by Crippen LogP contribution is -2.36. The van der Waals surface area contributed by atoms with Crippen LogP contribution >= 0.6 is 0 Å². The van der Waals surface area contributed by atoms with E-state index >= 15 is 0 Å². The van der Waals surface area contributed by atoms with Crippen molar-refractivity contribution >= 4 is 18.2 Å². The third-order valence-electron chi connectivity index (χ3n) is 3.62. The maximum Gasteiger partial charge on any atom is 0.229 e. The second kappa shape index (κ2) is 13.9. The summed E-state index contributed by atoms with van der Waals surface area (Å²) >= 11 is 0. The Morgan fingerprint density at radius 1 is 1.04 bits per heavy atom. The molecule has 0 aromatic carbocycles. The van der Waals surface area contributed by atoms with Crippen LogP contribution in [0.25, 0.3) is 0 Å². The Bertz CT molecular complexity index is 374. The lowest BCUT2D eigenvalue weighted by Gasteiger charge is -2.17. The summed E-state index contributed by atoms with van der Waals surface area (Å²) in [6, 6.07) is 0.150. The summed E-state index contributed by atoms with van der Waals surface area (Å²) < 4.78 is 10.6. The van der Waals surface area contributed by atoms with Crippen LogP contribution in [0.15, 0.2) is 0 Å². The molecule has 0 aromatic heterocycles. The summed E-state index contributed by atoms with van der Waals surface area (Å²) in [6.07, 6.45) is 1.93. The fraction of sp³-hybridized carbons (Fsp3) is 0.824. The van der Waals surface area contributed by atoms with E-state index in [0.29, 0.717) is 51.4 Å². The van der Waals surface area contributed by atoms with Gasteiger partial charge in [0.05, 0.1) is 33.0 Å². The van der Waals surface area contributed by atoms with Crippen LogP contribution in [0.3, 0.4) is 0 Å². The molecule has 0 aliphatic carbocycles. The third kappa shape index (κ3) is 11.1.